The Kier molecular flexibility index (Phi) is 4.97. The molecule has 0 atom stereocenters. The maximum atomic E-state index is 13.3. The molecule has 1 aliphatic rings. The number of morpholine rings is 1. The van der Waals surface area contributed by atoms with Gasteiger partial charge < -0.3 is 4.74 Å². The number of ketones is 1. The summed E-state index contributed by atoms with van der Waals surface area (Å²) < 4.78 is 44.8. The lowest BCUT2D eigenvalue weighted by Crippen LogP contribution is -2.35. The summed E-state index contributed by atoms with van der Waals surface area (Å²) in [4.78, 5) is 14.5. The summed E-state index contributed by atoms with van der Waals surface area (Å²) in [6.45, 7) is 3.87. The number of nitrogens with zero attached hydrogens (tertiary/aromatic N) is 1. The zero-order valence-electron chi connectivity index (χ0n) is 12.9. The molecule has 0 bridgehead atoms. The lowest BCUT2D eigenvalue weighted by atomic mass is 10.0. The number of rotatable bonds is 4. The third kappa shape index (κ3) is 3.66. The van der Waals surface area contributed by atoms with Crippen LogP contribution in [0.4, 0.5) is 13.2 Å². The Bertz CT molecular complexity index is 717. The predicted molar refractivity (Wildman–Crippen MR) is 82.3 cm³/mol. The molecular formula is C18H16F3NO2. The first-order valence-corrected chi connectivity index (χ1v) is 7.63. The summed E-state index contributed by atoms with van der Waals surface area (Å²) in [6.07, 6.45) is 0. The van der Waals surface area contributed by atoms with E-state index in [0.29, 0.717) is 30.9 Å². The molecule has 0 spiro atoms. The SMILES string of the molecule is O=C(c1ccc(CN2CCOCC2)cc1)c1cc(F)c(F)c(F)c1. The minimum Gasteiger partial charge on any atom is -0.379 e. The van der Waals surface area contributed by atoms with Crippen LogP contribution in [0.25, 0.3) is 0 Å². The van der Waals surface area contributed by atoms with Gasteiger partial charge >= 0.3 is 0 Å². The fourth-order valence-corrected chi connectivity index (χ4v) is 2.63. The molecule has 6 heteroatoms. The number of carbonyl (C=O) groups excluding carboxylic acids is 1. The molecule has 0 saturated carbocycles. The molecule has 1 saturated heterocycles. The molecule has 24 heavy (non-hydrogen) atoms. The second-order valence-electron chi connectivity index (χ2n) is 5.67. The van der Waals surface area contributed by atoms with Crippen LogP contribution in [0.3, 0.4) is 0 Å². The first-order chi connectivity index (χ1) is 11.5. The van der Waals surface area contributed by atoms with Gasteiger partial charge in [0.15, 0.2) is 23.2 Å². The molecule has 126 valence electrons. The highest BCUT2D eigenvalue weighted by molar-refractivity contribution is 6.09. The molecule has 0 aliphatic carbocycles. The van der Waals surface area contributed by atoms with Gasteiger partial charge in [0.25, 0.3) is 0 Å². The summed E-state index contributed by atoms with van der Waals surface area (Å²) >= 11 is 0. The Balaban J connectivity index is 1.74. The highest BCUT2D eigenvalue weighted by Crippen LogP contribution is 2.18. The zero-order valence-corrected chi connectivity index (χ0v) is 12.9. The second kappa shape index (κ2) is 7.15. The van der Waals surface area contributed by atoms with Crippen molar-refractivity contribution in [3.8, 4) is 0 Å². The Morgan fingerprint density at radius 1 is 0.958 bits per heavy atom. The molecule has 3 rings (SSSR count). The third-order valence-corrected chi connectivity index (χ3v) is 3.97. The van der Waals surface area contributed by atoms with Crippen molar-refractivity contribution in [1.29, 1.82) is 0 Å². The Hall–Kier alpha value is -2.18. The molecule has 1 aliphatic heterocycles. The van der Waals surface area contributed by atoms with Crippen molar-refractivity contribution in [2.75, 3.05) is 26.3 Å². The number of halogens is 3. The van der Waals surface area contributed by atoms with E-state index in [1.165, 1.54) is 0 Å². The number of hydrogen-bond donors (Lipinski definition) is 0. The van der Waals surface area contributed by atoms with Gasteiger partial charge in [0.1, 0.15) is 0 Å². The van der Waals surface area contributed by atoms with Gasteiger partial charge in [0.2, 0.25) is 0 Å². The van der Waals surface area contributed by atoms with E-state index >= 15 is 0 Å². The lowest BCUT2D eigenvalue weighted by molar-refractivity contribution is 0.0342. The van der Waals surface area contributed by atoms with Crippen LogP contribution in [0.5, 0.6) is 0 Å². The van der Waals surface area contributed by atoms with E-state index in [-0.39, 0.29) is 5.56 Å². The summed E-state index contributed by atoms with van der Waals surface area (Å²) in [5, 5.41) is 0. The van der Waals surface area contributed by atoms with Crippen LogP contribution >= 0.6 is 0 Å². The molecule has 2 aromatic rings. The molecular weight excluding hydrogens is 319 g/mol. The van der Waals surface area contributed by atoms with E-state index in [1.807, 2.05) is 0 Å². The first-order valence-electron chi connectivity index (χ1n) is 7.63. The van der Waals surface area contributed by atoms with E-state index in [2.05, 4.69) is 4.90 Å². The summed E-state index contributed by atoms with van der Waals surface area (Å²) in [6, 6.07) is 8.25. The Labute approximate surface area is 137 Å². The third-order valence-electron chi connectivity index (χ3n) is 3.97. The van der Waals surface area contributed by atoms with Crippen molar-refractivity contribution >= 4 is 5.78 Å². The summed E-state index contributed by atoms with van der Waals surface area (Å²) in [5.74, 6) is -4.87. The van der Waals surface area contributed by atoms with E-state index in [0.717, 1.165) is 25.2 Å². The Morgan fingerprint density at radius 2 is 1.54 bits per heavy atom. The number of carbonyl (C=O) groups is 1. The zero-order chi connectivity index (χ0) is 17.1. The van der Waals surface area contributed by atoms with Gasteiger partial charge in [-0.3, -0.25) is 9.69 Å². The highest BCUT2D eigenvalue weighted by atomic mass is 19.2. The van der Waals surface area contributed by atoms with E-state index < -0.39 is 23.2 Å². The van der Waals surface area contributed by atoms with Crippen LogP contribution in [0, 0.1) is 17.5 Å². The number of ether oxygens (including phenoxy) is 1. The lowest BCUT2D eigenvalue weighted by Gasteiger charge is -2.26. The molecule has 0 aromatic heterocycles. The van der Waals surface area contributed by atoms with Gasteiger partial charge in [-0.1, -0.05) is 24.3 Å². The topological polar surface area (TPSA) is 29.5 Å². The molecule has 2 aromatic carbocycles. The maximum Gasteiger partial charge on any atom is 0.194 e. The monoisotopic (exact) mass is 335 g/mol. The fourth-order valence-electron chi connectivity index (χ4n) is 2.63. The normalized spacial score (nSPS) is 15.5. The maximum absolute atomic E-state index is 13.3. The van der Waals surface area contributed by atoms with Crippen LogP contribution in [0.1, 0.15) is 21.5 Å². The quantitative estimate of drug-likeness (QED) is 0.635. The molecule has 0 unspecified atom stereocenters. The van der Waals surface area contributed by atoms with Crippen molar-refractivity contribution in [3.05, 3.63) is 70.5 Å². The molecule has 0 N–H and O–H groups in total. The van der Waals surface area contributed by atoms with Gasteiger partial charge in [-0.25, -0.2) is 13.2 Å². The van der Waals surface area contributed by atoms with Gasteiger partial charge in [0.05, 0.1) is 13.2 Å². The molecule has 1 heterocycles. The Morgan fingerprint density at radius 3 is 2.12 bits per heavy atom. The second-order valence-corrected chi connectivity index (χ2v) is 5.67. The van der Waals surface area contributed by atoms with E-state index in [9.17, 15) is 18.0 Å². The van der Waals surface area contributed by atoms with E-state index in [4.69, 9.17) is 4.74 Å². The van der Waals surface area contributed by atoms with Crippen molar-refractivity contribution in [1.82, 2.24) is 4.90 Å². The van der Waals surface area contributed by atoms with Crippen LogP contribution in [-0.4, -0.2) is 37.0 Å². The average molecular weight is 335 g/mol. The summed E-state index contributed by atoms with van der Waals surface area (Å²) in [7, 11) is 0. The highest BCUT2D eigenvalue weighted by Gasteiger charge is 2.17. The van der Waals surface area contributed by atoms with Crippen LogP contribution in [0.15, 0.2) is 36.4 Å². The minimum atomic E-state index is -1.58. The van der Waals surface area contributed by atoms with Crippen molar-refractivity contribution in [2.24, 2.45) is 0 Å². The molecule has 0 amide bonds. The fraction of sp³-hybridized carbons (Fsp3) is 0.278. The predicted octanol–water partition coefficient (Wildman–Crippen LogP) is 3.17. The van der Waals surface area contributed by atoms with Gasteiger partial charge in [-0.2, -0.15) is 0 Å². The van der Waals surface area contributed by atoms with Gasteiger partial charge in [-0.05, 0) is 17.7 Å². The van der Waals surface area contributed by atoms with Crippen LogP contribution < -0.4 is 0 Å². The molecule has 1 fully saturated rings. The van der Waals surface area contributed by atoms with Crippen molar-refractivity contribution in [2.45, 2.75) is 6.54 Å². The average Bonchev–Trinajstić information content (AvgIpc) is 2.60. The van der Waals surface area contributed by atoms with Gasteiger partial charge in [-0.15, -0.1) is 0 Å². The standard InChI is InChI=1S/C18H16F3NO2/c19-15-9-14(10-16(20)17(15)21)18(23)13-3-1-12(2-4-13)11-22-5-7-24-8-6-22/h1-4,9-10H,5-8,11H2. The molecule has 3 nitrogen and oxygen atoms in total. The van der Waals surface area contributed by atoms with Crippen molar-refractivity contribution in [3.63, 3.8) is 0 Å². The first kappa shape index (κ1) is 16.7. The smallest absolute Gasteiger partial charge is 0.194 e. The van der Waals surface area contributed by atoms with Crippen LogP contribution in [0.2, 0.25) is 0 Å². The number of benzene rings is 2. The summed E-state index contributed by atoms with van der Waals surface area (Å²) in [5.41, 5.74) is 1.11. The van der Waals surface area contributed by atoms with Crippen molar-refractivity contribution < 1.29 is 22.7 Å². The number of hydrogen-bond acceptors (Lipinski definition) is 3. The largest absolute Gasteiger partial charge is 0.379 e. The molecule has 0 radical (unpaired) electrons. The van der Waals surface area contributed by atoms with E-state index in [1.54, 1.807) is 24.3 Å². The van der Waals surface area contributed by atoms with Gasteiger partial charge in [0, 0.05) is 30.8 Å². The van der Waals surface area contributed by atoms with Crippen LogP contribution in [-0.2, 0) is 11.3 Å². The minimum absolute atomic E-state index is 0.215.